The molecule has 176 valence electrons. The van der Waals surface area contributed by atoms with Gasteiger partial charge in [0.1, 0.15) is 11.5 Å². The Morgan fingerprint density at radius 2 is 1.67 bits per heavy atom. The summed E-state index contributed by atoms with van der Waals surface area (Å²) in [6, 6.07) is 15.8. The van der Waals surface area contributed by atoms with Crippen LogP contribution in [0.3, 0.4) is 0 Å². The molecule has 2 aromatic carbocycles. The molecule has 0 aromatic heterocycles. The number of hydrogen-bond donors (Lipinski definition) is 1. The van der Waals surface area contributed by atoms with Crippen molar-refractivity contribution in [3.8, 4) is 5.75 Å². The zero-order chi connectivity index (χ0) is 24.0. The molecule has 3 rings (SSSR count). The molecule has 6 heteroatoms. The Morgan fingerprint density at radius 1 is 1.03 bits per heavy atom. The second-order valence-electron chi connectivity index (χ2n) is 8.66. The minimum atomic E-state index is -0.652. The van der Waals surface area contributed by atoms with Crippen LogP contribution in [0.25, 0.3) is 5.76 Å². The number of benzene rings is 2. The summed E-state index contributed by atoms with van der Waals surface area (Å²) in [6.07, 6.45) is 0. The molecular formula is C27H34N2O4. The molecule has 0 radical (unpaired) electrons. The van der Waals surface area contributed by atoms with Crippen LogP contribution >= 0.6 is 0 Å². The summed E-state index contributed by atoms with van der Waals surface area (Å²) < 4.78 is 5.72. The summed E-state index contributed by atoms with van der Waals surface area (Å²) in [6.45, 7) is 11.7. The predicted octanol–water partition coefficient (Wildman–Crippen LogP) is 4.48. The normalized spacial score (nSPS) is 17.9. The standard InChI is InChI=1S/C27H34N2O4/c1-5-28(6-2)16-17-29-24(20-10-8-7-9-11-20)23(26(31)27(29)32)25(30)21-12-14-22(15-13-21)33-18-19(3)4/h7-15,19,24,30H,5-6,16-18H2,1-4H3/t24-/m0/s1. The number of amides is 1. The summed E-state index contributed by atoms with van der Waals surface area (Å²) >= 11 is 0. The first-order chi connectivity index (χ1) is 15.9. The van der Waals surface area contributed by atoms with Gasteiger partial charge in [-0.1, -0.05) is 58.0 Å². The van der Waals surface area contributed by atoms with Gasteiger partial charge < -0.3 is 19.6 Å². The van der Waals surface area contributed by atoms with Gasteiger partial charge in [-0.2, -0.15) is 0 Å². The van der Waals surface area contributed by atoms with E-state index >= 15 is 0 Å². The number of likely N-dealkylation sites (tertiary alicyclic amines) is 1. The van der Waals surface area contributed by atoms with Crippen molar-refractivity contribution in [3.63, 3.8) is 0 Å². The highest BCUT2D eigenvalue weighted by Gasteiger charge is 2.45. The minimum Gasteiger partial charge on any atom is -0.507 e. The maximum Gasteiger partial charge on any atom is 0.295 e. The van der Waals surface area contributed by atoms with Crippen LogP contribution in [-0.4, -0.2) is 59.4 Å². The van der Waals surface area contributed by atoms with Gasteiger partial charge >= 0.3 is 0 Å². The molecule has 0 spiro atoms. The molecule has 6 nitrogen and oxygen atoms in total. The van der Waals surface area contributed by atoms with Crippen molar-refractivity contribution in [2.75, 3.05) is 32.8 Å². The lowest BCUT2D eigenvalue weighted by Gasteiger charge is -2.28. The van der Waals surface area contributed by atoms with Crippen LogP contribution in [0.2, 0.25) is 0 Å². The number of nitrogens with zero attached hydrogens (tertiary/aromatic N) is 2. The van der Waals surface area contributed by atoms with Crippen molar-refractivity contribution in [1.82, 2.24) is 9.80 Å². The molecule has 33 heavy (non-hydrogen) atoms. The molecule has 1 heterocycles. The Kier molecular flexibility index (Phi) is 8.28. The summed E-state index contributed by atoms with van der Waals surface area (Å²) in [4.78, 5) is 29.9. The van der Waals surface area contributed by atoms with E-state index in [-0.39, 0.29) is 11.3 Å². The van der Waals surface area contributed by atoms with Crippen LogP contribution in [0.1, 0.15) is 44.9 Å². The van der Waals surface area contributed by atoms with Crippen molar-refractivity contribution in [2.24, 2.45) is 5.92 Å². The lowest BCUT2D eigenvalue weighted by molar-refractivity contribution is -0.140. The smallest absolute Gasteiger partial charge is 0.295 e. The summed E-state index contributed by atoms with van der Waals surface area (Å²) in [5.74, 6) is -0.297. The number of ketones is 1. The number of hydrogen-bond acceptors (Lipinski definition) is 5. The molecule has 0 unspecified atom stereocenters. The lowest BCUT2D eigenvalue weighted by Crippen LogP contribution is -2.38. The van der Waals surface area contributed by atoms with Crippen molar-refractivity contribution < 1.29 is 19.4 Å². The second kappa shape index (κ2) is 11.1. The molecule has 1 atom stereocenters. The zero-order valence-electron chi connectivity index (χ0n) is 20.0. The first-order valence-electron chi connectivity index (χ1n) is 11.7. The molecule has 0 bridgehead atoms. The number of Topliss-reactive ketones (excluding diaryl/α,β-unsaturated/α-hetero) is 1. The molecule has 0 saturated carbocycles. The first-order valence-corrected chi connectivity index (χ1v) is 11.7. The highest BCUT2D eigenvalue weighted by molar-refractivity contribution is 6.46. The van der Waals surface area contributed by atoms with Gasteiger partial charge in [0.25, 0.3) is 11.7 Å². The third kappa shape index (κ3) is 5.63. The molecule has 1 N–H and O–H groups in total. The maximum absolute atomic E-state index is 13.1. The average Bonchev–Trinajstić information content (AvgIpc) is 3.08. The van der Waals surface area contributed by atoms with Gasteiger partial charge in [0.2, 0.25) is 0 Å². The Bertz CT molecular complexity index is 979. The fourth-order valence-corrected chi connectivity index (χ4v) is 4.01. The Balaban J connectivity index is 1.98. The van der Waals surface area contributed by atoms with Gasteiger partial charge in [-0.15, -0.1) is 0 Å². The van der Waals surface area contributed by atoms with Crippen LogP contribution in [0.5, 0.6) is 5.75 Å². The number of carbonyl (C=O) groups is 2. The SMILES string of the molecule is CCN(CC)CCN1C(=O)C(=O)C(=C(O)c2ccc(OCC(C)C)cc2)[C@@H]1c1ccccc1. The van der Waals surface area contributed by atoms with Crippen LogP contribution in [0.15, 0.2) is 60.2 Å². The van der Waals surface area contributed by atoms with E-state index in [1.807, 2.05) is 30.3 Å². The highest BCUT2D eigenvalue weighted by Crippen LogP contribution is 2.39. The van der Waals surface area contributed by atoms with Crippen LogP contribution in [-0.2, 0) is 9.59 Å². The fourth-order valence-electron chi connectivity index (χ4n) is 4.01. The van der Waals surface area contributed by atoms with Crippen LogP contribution in [0, 0.1) is 5.92 Å². The minimum absolute atomic E-state index is 0.126. The summed E-state index contributed by atoms with van der Waals surface area (Å²) in [5.41, 5.74) is 1.41. The molecular weight excluding hydrogens is 416 g/mol. The van der Waals surface area contributed by atoms with Crippen molar-refractivity contribution >= 4 is 17.4 Å². The van der Waals surface area contributed by atoms with Crippen molar-refractivity contribution in [1.29, 1.82) is 0 Å². The molecule has 1 aliphatic rings. The molecule has 2 aromatic rings. The number of rotatable bonds is 10. The lowest BCUT2D eigenvalue weighted by atomic mass is 9.95. The summed E-state index contributed by atoms with van der Waals surface area (Å²) in [7, 11) is 0. The van der Waals surface area contributed by atoms with Gasteiger partial charge in [0.05, 0.1) is 18.2 Å². The highest BCUT2D eigenvalue weighted by atomic mass is 16.5. The zero-order valence-corrected chi connectivity index (χ0v) is 20.0. The molecule has 1 fully saturated rings. The van der Waals surface area contributed by atoms with E-state index in [4.69, 9.17) is 4.74 Å². The molecule has 0 aliphatic carbocycles. The Hall–Kier alpha value is -3.12. The van der Waals surface area contributed by atoms with E-state index < -0.39 is 17.7 Å². The number of aliphatic hydroxyl groups excluding tert-OH is 1. The average molecular weight is 451 g/mol. The van der Waals surface area contributed by atoms with Crippen molar-refractivity contribution in [2.45, 2.75) is 33.7 Å². The molecule has 1 aliphatic heterocycles. The third-order valence-electron chi connectivity index (χ3n) is 5.92. The number of likely N-dealkylation sites (N-methyl/N-ethyl adjacent to an activating group) is 1. The fraction of sp³-hybridized carbons (Fsp3) is 0.407. The van der Waals surface area contributed by atoms with E-state index in [1.54, 1.807) is 29.2 Å². The number of carbonyl (C=O) groups excluding carboxylic acids is 2. The first kappa shape index (κ1) is 24.5. The largest absolute Gasteiger partial charge is 0.507 e. The monoisotopic (exact) mass is 450 g/mol. The van der Waals surface area contributed by atoms with Crippen LogP contribution in [0.4, 0.5) is 0 Å². The van der Waals surface area contributed by atoms with E-state index in [2.05, 4.69) is 32.6 Å². The molecule has 1 amide bonds. The van der Waals surface area contributed by atoms with E-state index in [0.717, 1.165) is 18.7 Å². The van der Waals surface area contributed by atoms with E-state index in [0.29, 0.717) is 36.9 Å². The van der Waals surface area contributed by atoms with Crippen molar-refractivity contribution in [3.05, 3.63) is 71.3 Å². The van der Waals surface area contributed by atoms with Gasteiger partial charge in [0.15, 0.2) is 0 Å². The van der Waals surface area contributed by atoms with Gasteiger partial charge in [-0.3, -0.25) is 9.59 Å². The van der Waals surface area contributed by atoms with Gasteiger partial charge in [-0.05, 0) is 48.8 Å². The third-order valence-corrected chi connectivity index (χ3v) is 5.92. The van der Waals surface area contributed by atoms with Crippen LogP contribution < -0.4 is 4.74 Å². The molecule has 1 saturated heterocycles. The predicted molar refractivity (Wildman–Crippen MR) is 130 cm³/mol. The summed E-state index contributed by atoms with van der Waals surface area (Å²) in [5, 5.41) is 11.2. The topological polar surface area (TPSA) is 70.1 Å². The number of ether oxygens (including phenoxy) is 1. The second-order valence-corrected chi connectivity index (χ2v) is 8.66. The van der Waals surface area contributed by atoms with E-state index in [1.165, 1.54) is 0 Å². The van der Waals surface area contributed by atoms with Gasteiger partial charge in [0, 0.05) is 18.7 Å². The van der Waals surface area contributed by atoms with E-state index in [9.17, 15) is 14.7 Å². The quantitative estimate of drug-likeness (QED) is 0.328. The Morgan fingerprint density at radius 3 is 2.24 bits per heavy atom. The maximum atomic E-state index is 13.1. The Labute approximate surface area is 196 Å². The van der Waals surface area contributed by atoms with Gasteiger partial charge in [-0.25, -0.2) is 0 Å². The number of aliphatic hydroxyl groups is 1.